The molecule has 2 aliphatic rings. The first-order chi connectivity index (χ1) is 19.2. The molecule has 2 fully saturated rings. The van der Waals surface area contributed by atoms with Gasteiger partial charge in [-0.25, -0.2) is 0 Å². The Kier molecular flexibility index (Phi) is 10.3. The zero-order valence-corrected chi connectivity index (χ0v) is 24.5. The van der Waals surface area contributed by atoms with Crippen LogP contribution in [-0.2, 0) is 9.59 Å². The van der Waals surface area contributed by atoms with Crippen molar-refractivity contribution in [1.29, 1.82) is 0 Å². The van der Waals surface area contributed by atoms with Crippen LogP contribution in [0, 0.1) is 0 Å². The maximum atomic E-state index is 13.4. The van der Waals surface area contributed by atoms with Gasteiger partial charge in [-0.1, -0.05) is 134 Å². The largest absolute Gasteiger partial charge is 0.352 e. The van der Waals surface area contributed by atoms with Gasteiger partial charge in [-0.2, -0.15) is 0 Å². The summed E-state index contributed by atoms with van der Waals surface area (Å²) in [6, 6.07) is 20.3. The Balaban J connectivity index is 1.30. The third-order valence-corrected chi connectivity index (χ3v) is 11.0. The van der Waals surface area contributed by atoms with E-state index in [0.717, 1.165) is 45.5 Å². The Morgan fingerprint density at radius 3 is 1.41 bits per heavy atom. The van der Waals surface area contributed by atoms with E-state index in [4.69, 9.17) is 0 Å². The molecule has 1 heterocycles. The molecule has 2 saturated carbocycles. The van der Waals surface area contributed by atoms with Crippen molar-refractivity contribution in [3.63, 3.8) is 0 Å². The molecule has 2 N–H and O–H groups in total. The van der Waals surface area contributed by atoms with E-state index in [1.54, 1.807) is 0 Å². The van der Waals surface area contributed by atoms with Crippen molar-refractivity contribution in [3.05, 3.63) is 71.8 Å². The lowest BCUT2D eigenvalue weighted by Crippen LogP contribution is -2.38. The molecule has 2 aliphatic carbocycles. The number of carbonyl (C=O) groups excluding carboxylic acids is 2. The van der Waals surface area contributed by atoms with Gasteiger partial charge in [0.15, 0.2) is 8.68 Å². The van der Waals surface area contributed by atoms with Crippen molar-refractivity contribution in [1.82, 2.24) is 20.8 Å². The highest BCUT2D eigenvalue weighted by atomic mass is 32.2. The predicted molar refractivity (Wildman–Crippen MR) is 160 cm³/mol. The van der Waals surface area contributed by atoms with Gasteiger partial charge in [-0.15, -0.1) is 10.2 Å². The van der Waals surface area contributed by atoms with Crippen molar-refractivity contribution >= 4 is 46.7 Å². The molecule has 9 heteroatoms. The topological polar surface area (TPSA) is 84.0 Å². The highest BCUT2D eigenvalue weighted by Crippen LogP contribution is 2.42. The monoisotopic (exact) mass is 580 g/mol. The van der Waals surface area contributed by atoms with Crippen LogP contribution in [0.2, 0.25) is 0 Å². The Morgan fingerprint density at radius 2 is 1.03 bits per heavy atom. The average Bonchev–Trinajstić information content (AvgIpc) is 3.43. The molecule has 0 spiro atoms. The molecular formula is C30H36N4O2S3. The summed E-state index contributed by atoms with van der Waals surface area (Å²) in [7, 11) is 0. The predicted octanol–water partition coefficient (Wildman–Crippen LogP) is 7.10. The first kappa shape index (κ1) is 28.2. The van der Waals surface area contributed by atoms with Crippen LogP contribution in [0.25, 0.3) is 0 Å². The zero-order valence-electron chi connectivity index (χ0n) is 22.1. The quantitative estimate of drug-likeness (QED) is 0.249. The number of carbonyl (C=O) groups is 2. The van der Waals surface area contributed by atoms with E-state index in [9.17, 15) is 9.59 Å². The van der Waals surface area contributed by atoms with Gasteiger partial charge in [0.2, 0.25) is 11.8 Å². The molecule has 0 aliphatic heterocycles. The molecule has 0 unspecified atom stereocenters. The van der Waals surface area contributed by atoms with Gasteiger partial charge in [0.1, 0.15) is 10.5 Å². The van der Waals surface area contributed by atoms with Gasteiger partial charge in [-0.05, 0) is 36.8 Å². The third kappa shape index (κ3) is 8.08. The van der Waals surface area contributed by atoms with E-state index < -0.39 is 10.5 Å². The SMILES string of the molecule is O=C(NC1CCCCC1)[C@@H](Sc1nnc(S[C@@H](C(=O)NC2CCCCC2)c2ccccc2)s1)c1ccccc1. The summed E-state index contributed by atoms with van der Waals surface area (Å²) in [5.74, 6) is 0.0491. The van der Waals surface area contributed by atoms with Crippen LogP contribution in [0.3, 0.4) is 0 Å². The van der Waals surface area contributed by atoms with Crippen LogP contribution in [-0.4, -0.2) is 34.1 Å². The number of nitrogens with zero attached hydrogens (tertiary/aromatic N) is 2. The fraction of sp³-hybridized carbons (Fsp3) is 0.467. The summed E-state index contributed by atoms with van der Waals surface area (Å²) in [5, 5.41) is 14.6. The molecule has 0 radical (unpaired) electrons. The van der Waals surface area contributed by atoms with E-state index in [1.807, 2.05) is 60.7 Å². The second-order valence-corrected chi connectivity index (χ2v) is 14.0. The van der Waals surface area contributed by atoms with Gasteiger partial charge in [0, 0.05) is 12.1 Å². The lowest BCUT2D eigenvalue weighted by Gasteiger charge is -2.25. The molecule has 0 saturated heterocycles. The number of hydrogen-bond acceptors (Lipinski definition) is 7. The third-order valence-electron chi connectivity index (χ3n) is 7.41. The summed E-state index contributed by atoms with van der Waals surface area (Å²) < 4.78 is 1.45. The summed E-state index contributed by atoms with van der Waals surface area (Å²) in [5.41, 5.74) is 1.91. The minimum absolute atomic E-state index is 0.0246. The highest BCUT2D eigenvalue weighted by molar-refractivity contribution is 8.04. The Bertz CT molecular complexity index is 1100. The van der Waals surface area contributed by atoms with Crippen molar-refractivity contribution in [2.24, 2.45) is 0 Å². The Hall–Kier alpha value is -2.36. The maximum Gasteiger partial charge on any atom is 0.238 e. The highest BCUT2D eigenvalue weighted by Gasteiger charge is 2.29. The number of thioether (sulfide) groups is 2. The smallest absolute Gasteiger partial charge is 0.238 e. The van der Waals surface area contributed by atoms with Gasteiger partial charge < -0.3 is 10.6 Å². The summed E-state index contributed by atoms with van der Waals surface area (Å²) >= 11 is 4.33. The Labute approximate surface area is 243 Å². The minimum Gasteiger partial charge on any atom is -0.352 e. The average molecular weight is 581 g/mol. The molecule has 2 aromatic carbocycles. The summed E-state index contributed by atoms with van der Waals surface area (Å²) in [6.45, 7) is 0. The number of rotatable bonds is 10. The van der Waals surface area contributed by atoms with Gasteiger partial charge in [0.05, 0.1) is 0 Å². The number of hydrogen-bond donors (Lipinski definition) is 2. The van der Waals surface area contributed by atoms with Crippen molar-refractivity contribution in [2.75, 3.05) is 0 Å². The van der Waals surface area contributed by atoms with Crippen molar-refractivity contribution < 1.29 is 9.59 Å². The molecule has 6 nitrogen and oxygen atoms in total. The summed E-state index contributed by atoms with van der Waals surface area (Å²) in [4.78, 5) is 26.9. The van der Waals surface area contributed by atoms with Crippen LogP contribution in [0.1, 0.15) is 85.8 Å². The van der Waals surface area contributed by atoms with Gasteiger partial charge >= 0.3 is 0 Å². The van der Waals surface area contributed by atoms with Crippen LogP contribution >= 0.6 is 34.9 Å². The molecule has 0 bridgehead atoms. The molecule has 2 atom stereocenters. The maximum absolute atomic E-state index is 13.4. The van der Waals surface area contributed by atoms with Gasteiger partial charge in [0.25, 0.3) is 0 Å². The lowest BCUT2D eigenvalue weighted by atomic mass is 9.95. The molecule has 206 valence electrons. The first-order valence-electron chi connectivity index (χ1n) is 14.0. The fourth-order valence-electron chi connectivity index (χ4n) is 5.34. The molecule has 1 aromatic heterocycles. The molecule has 3 aromatic rings. The first-order valence-corrected chi connectivity index (χ1v) is 16.6. The van der Waals surface area contributed by atoms with Crippen LogP contribution in [0.4, 0.5) is 0 Å². The second kappa shape index (κ2) is 14.3. The van der Waals surface area contributed by atoms with E-state index in [0.29, 0.717) is 0 Å². The zero-order chi connectivity index (χ0) is 26.9. The standard InChI is InChI=1S/C30H36N4O2S3/c35-27(31-23-17-9-3-10-18-23)25(21-13-5-1-6-14-21)37-29-33-34-30(39-29)38-26(22-15-7-2-8-16-22)28(36)32-24-19-11-4-12-20-24/h1-2,5-8,13-16,23-26H,3-4,9-12,17-20H2,(H,31,35)(H,32,36)/t25-,26+. The van der Waals surface area contributed by atoms with E-state index in [-0.39, 0.29) is 23.9 Å². The number of nitrogens with one attached hydrogen (secondary N) is 2. The Morgan fingerprint density at radius 1 is 0.641 bits per heavy atom. The second-order valence-electron chi connectivity index (χ2n) is 10.3. The molecule has 39 heavy (non-hydrogen) atoms. The van der Waals surface area contributed by atoms with Crippen molar-refractivity contribution in [2.45, 2.75) is 95.5 Å². The van der Waals surface area contributed by atoms with Crippen LogP contribution in [0.5, 0.6) is 0 Å². The normalized spacial score (nSPS) is 18.3. The summed E-state index contributed by atoms with van der Waals surface area (Å²) in [6.07, 6.45) is 11.3. The fourth-order valence-corrected chi connectivity index (χ4v) is 8.77. The molecule has 5 rings (SSSR count). The number of amides is 2. The van der Waals surface area contributed by atoms with E-state index in [1.165, 1.54) is 73.4 Å². The van der Waals surface area contributed by atoms with E-state index >= 15 is 0 Å². The molecule has 2 amide bonds. The van der Waals surface area contributed by atoms with Gasteiger partial charge in [-0.3, -0.25) is 9.59 Å². The number of benzene rings is 2. The lowest BCUT2D eigenvalue weighted by molar-refractivity contribution is -0.122. The van der Waals surface area contributed by atoms with Crippen molar-refractivity contribution in [3.8, 4) is 0 Å². The van der Waals surface area contributed by atoms with E-state index in [2.05, 4.69) is 20.8 Å². The molecular weight excluding hydrogens is 545 g/mol. The number of aromatic nitrogens is 2. The van der Waals surface area contributed by atoms with Crippen LogP contribution in [0.15, 0.2) is 69.3 Å². The van der Waals surface area contributed by atoms with Crippen LogP contribution < -0.4 is 10.6 Å². The minimum atomic E-state index is -0.404.